The van der Waals surface area contributed by atoms with Crippen molar-refractivity contribution in [2.75, 3.05) is 42.9 Å². The number of carbonyl (C=O) groups is 1. The molecule has 0 radical (unpaired) electrons. The number of nitrogens with zero attached hydrogens (tertiary/aromatic N) is 2. The first kappa shape index (κ1) is 25.2. The predicted octanol–water partition coefficient (Wildman–Crippen LogP) is 3.98. The zero-order valence-corrected chi connectivity index (χ0v) is 18.8. The summed E-state index contributed by atoms with van der Waals surface area (Å²) in [7, 11) is 0. The minimum Gasteiger partial charge on any atom is -0.412 e. The van der Waals surface area contributed by atoms with Gasteiger partial charge in [-0.3, -0.25) is 9.69 Å². The molecule has 0 unspecified atom stereocenters. The first-order chi connectivity index (χ1) is 13.0. The normalized spacial score (nSPS) is 16.9. The molecule has 29 heavy (non-hydrogen) atoms. The lowest BCUT2D eigenvalue weighted by Gasteiger charge is -2.36. The molecule has 0 aromatic heterocycles. The molecule has 0 aliphatic carbocycles. The number of anilines is 2. The zero-order chi connectivity index (χ0) is 19.2. The SMILES string of the molecule is CC(C)=CCC/C(C)=C/CN1CCN(c2ccc3c(c2)CCC(=O)N3)CC1.Cl.O. The van der Waals surface area contributed by atoms with E-state index >= 15 is 0 Å². The average Bonchev–Trinajstić information content (AvgIpc) is 2.66. The molecule has 0 atom stereocenters. The first-order valence-electron chi connectivity index (χ1n) is 10.2. The number of fused-ring (bicyclic) bond motifs is 1. The molecule has 1 fully saturated rings. The van der Waals surface area contributed by atoms with Gasteiger partial charge in [0.1, 0.15) is 0 Å². The highest BCUT2D eigenvalue weighted by Crippen LogP contribution is 2.28. The van der Waals surface area contributed by atoms with Gasteiger partial charge in [0.15, 0.2) is 0 Å². The van der Waals surface area contributed by atoms with Crippen LogP contribution in [0.15, 0.2) is 41.5 Å². The van der Waals surface area contributed by atoms with Crippen LogP contribution >= 0.6 is 12.4 Å². The maximum absolute atomic E-state index is 11.5. The molecule has 1 amide bonds. The molecule has 2 aliphatic heterocycles. The van der Waals surface area contributed by atoms with E-state index in [0.717, 1.165) is 57.7 Å². The number of aryl methyl sites for hydroxylation is 1. The molecule has 1 saturated heterocycles. The lowest BCUT2D eigenvalue weighted by atomic mass is 10.0. The van der Waals surface area contributed by atoms with Gasteiger partial charge in [-0.2, -0.15) is 0 Å². The Morgan fingerprint density at radius 2 is 1.79 bits per heavy atom. The number of allylic oxidation sites excluding steroid dienone is 3. The molecule has 162 valence electrons. The Kier molecular flexibility index (Phi) is 10.4. The van der Waals surface area contributed by atoms with Gasteiger partial charge in [0.05, 0.1) is 0 Å². The van der Waals surface area contributed by atoms with Crippen LogP contribution in [0.1, 0.15) is 45.6 Å². The second kappa shape index (κ2) is 12.0. The van der Waals surface area contributed by atoms with Crippen LogP contribution in [0.25, 0.3) is 0 Å². The number of hydrogen-bond acceptors (Lipinski definition) is 3. The fraction of sp³-hybridized carbons (Fsp3) is 0.522. The van der Waals surface area contributed by atoms with E-state index in [1.54, 1.807) is 0 Å². The van der Waals surface area contributed by atoms with Gasteiger partial charge in [0, 0.05) is 50.5 Å². The molecule has 0 bridgehead atoms. The molecule has 6 heteroatoms. The summed E-state index contributed by atoms with van der Waals surface area (Å²) < 4.78 is 0. The van der Waals surface area contributed by atoms with Crippen molar-refractivity contribution >= 4 is 29.7 Å². The lowest BCUT2D eigenvalue weighted by molar-refractivity contribution is -0.116. The van der Waals surface area contributed by atoms with Crippen molar-refractivity contribution in [3.63, 3.8) is 0 Å². The van der Waals surface area contributed by atoms with Crippen LogP contribution in [0.3, 0.4) is 0 Å². The van der Waals surface area contributed by atoms with Crippen LogP contribution in [0, 0.1) is 0 Å². The molecule has 5 nitrogen and oxygen atoms in total. The fourth-order valence-electron chi connectivity index (χ4n) is 3.73. The minimum atomic E-state index is 0. The Morgan fingerprint density at radius 3 is 2.48 bits per heavy atom. The zero-order valence-electron chi connectivity index (χ0n) is 18.0. The maximum atomic E-state index is 11.5. The Morgan fingerprint density at radius 1 is 1.07 bits per heavy atom. The van der Waals surface area contributed by atoms with Crippen molar-refractivity contribution in [1.82, 2.24) is 4.90 Å². The van der Waals surface area contributed by atoms with E-state index in [-0.39, 0.29) is 23.8 Å². The summed E-state index contributed by atoms with van der Waals surface area (Å²) in [6.45, 7) is 12.0. The van der Waals surface area contributed by atoms with Gasteiger partial charge in [-0.05, 0) is 63.8 Å². The Balaban J connectivity index is 0.00000210. The number of piperazine rings is 1. The van der Waals surface area contributed by atoms with Crippen LogP contribution in [0.5, 0.6) is 0 Å². The number of rotatable bonds is 6. The van der Waals surface area contributed by atoms with Crippen LogP contribution < -0.4 is 10.2 Å². The predicted molar refractivity (Wildman–Crippen MR) is 125 cm³/mol. The summed E-state index contributed by atoms with van der Waals surface area (Å²) in [6, 6.07) is 6.47. The minimum absolute atomic E-state index is 0. The molecular weight excluding hydrogens is 386 g/mol. The summed E-state index contributed by atoms with van der Waals surface area (Å²) in [5, 5.41) is 2.97. The summed E-state index contributed by atoms with van der Waals surface area (Å²) in [4.78, 5) is 16.5. The third-order valence-corrected chi connectivity index (χ3v) is 5.51. The van der Waals surface area contributed by atoms with Gasteiger partial charge in [0.2, 0.25) is 5.91 Å². The molecule has 3 rings (SSSR count). The van der Waals surface area contributed by atoms with E-state index in [1.165, 1.54) is 22.4 Å². The van der Waals surface area contributed by atoms with E-state index in [9.17, 15) is 4.79 Å². The number of amides is 1. The second-order valence-electron chi connectivity index (χ2n) is 8.05. The van der Waals surface area contributed by atoms with Crippen molar-refractivity contribution in [2.45, 2.75) is 46.5 Å². The van der Waals surface area contributed by atoms with Crippen molar-refractivity contribution in [3.05, 3.63) is 47.1 Å². The Hall–Kier alpha value is -1.82. The third kappa shape index (κ3) is 7.50. The van der Waals surface area contributed by atoms with E-state index in [0.29, 0.717) is 6.42 Å². The molecule has 0 saturated carbocycles. The van der Waals surface area contributed by atoms with Gasteiger partial charge in [0.25, 0.3) is 0 Å². The van der Waals surface area contributed by atoms with Gasteiger partial charge < -0.3 is 15.7 Å². The first-order valence-corrected chi connectivity index (χ1v) is 10.2. The third-order valence-electron chi connectivity index (χ3n) is 5.51. The molecule has 1 aromatic carbocycles. The van der Waals surface area contributed by atoms with Gasteiger partial charge in [-0.1, -0.05) is 23.3 Å². The van der Waals surface area contributed by atoms with E-state index in [1.807, 2.05) is 0 Å². The van der Waals surface area contributed by atoms with Crippen molar-refractivity contribution in [2.24, 2.45) is 0 Å². The van der Waals surface area contributed by atoms with Gasteiger partial charge in [-0.15, -0.1) is 12.4 Å². The second-order valence-corrected chi connectivity index (χ2v) is 8.05. The summed E-state index contributed by atoms with van der Waals surface area (Å²) in [6.07, 6.45) is 8.49. The van der Waals surface area contributed by atoms with Crippen LogP contribution in [-0.2, 0) is 11.2 Å². The van der Waals surface area contributed by atoms with Crippen LogP contribution in [0.2, 0.25) is 0 Å². The highest BCUT2D eigenvalue weighted by molar-refractivity contribution is 5.94. The maximum Gasteiger partial charge on any atom is 0.224 e. The highest BCUT2D eigenvalue weighted by atomic mass is 35.5. The monoisotopic (exact) mass is 421 g/mol. The summed E-state index contributed by atoms with van der Waals surface area (Å²) in [5.41, 5.74) is 6.44. The smallest absolute Gasteiger partial charge is 0.224 e. The number of hydrogen-bond donors (Lipinski definition) is 1. The van der Waals surface area contributed by atoms with Crippen LogP contribution in [0.4, 0.5) is 11.4 Å². The Labute approximate surface area is 181 Å². The standard InChI is InChI=1S/C23H33N3O.ClH.H2O/c1-18(2)5-4-6-19(3)11-12-25-13-15-26(16-14-25)21-8-9-22-20(17-21)7-10-23(27)24-22;;/h5,8-9,11,17H,4,6-7,10,12-16H2,1-3H3,(H,24,27);1H;1H2/b19-11+;;. The molecule has 0 spiro atoms. The highest BCUT2D eigenvalue weighted by Gasteiger charge is 2.19. The summed E-state index contributed by atoms with van der Waals surface area (Å²) >= 11 is 0. The molecule has 2 heterocycles. The van der Waals surface area contributed by atoms with E-state index < -0.39 is 0 Å². The largest absolute Gasteiger partial charge is 0.412 e. The van der Waals surface area contributed by atoms with Crippen molar-refractivity contribution in [1.29, 1.82) is 0 Å². The van der Waals surface area contributed by atoms with Crippen molar-refractivity contribution in [3.8, 4) is 0 Å². The van der Waals surface area contributed by atoms with Crippen molar-refractivity contribution < 1.29 is 10.3 Å². The number of halogens is 1. The molecule has 2 aliphatic rings. The van der Waals surface area contributed by atoms with Gasteiger partial charge >= 0.3 is 0 Å². The van der Waals surface area contributed by atoms with E-state index in [4.69, 9.17) is 0 Å². The average molecular weight is 422 g/mol. The van der Waals surface area contributed by atoms with Crippen LogP contribution in [-0.4, -0.2) is 49.0 Å². The number of carbonyl (C=O) groups excluding carboxylic acids is 1. The quantitative estimate of drug-likeness (QED) is 0.706. The molecule has 1 aromatic rings. The number of benzene rings is 1. The molecular formula is C23H36ClN3O2. The number of nitrogens with one attached hydrogen (secondary N) is 1. The molecule has 3 N–H and O–H groups in total. The topological polar surface area (TPSA) is 67.1 Å². The van der Waals surface area contributed by atoms with Gasteiger partial charge in [-0.25, -0.2) is 0 Å². The fourth-order valence-corrected chi connectivity index (χ4v) is 3.73. The lowest BCUT2D eigenvalue weighted by Crippen LogP contribution is -2.46. The summed E-state index contributed by atoms with van der Waals surface area (Å²) in [5.74, 6) is 0.132. The Bertz CT molecular complexity index is 734. The van der Waals surface area contributed by atoms with E-state index in [2.05, 4.69) is 66.2 Å².